The molecule has 1 fully saturated rings. The first-order valence-electron chi connectivity index (χ1n) is 4.71. The number of rotatable bonds is 4. The Balaban J connectivity index is 2.12. The molecule has 5 nitrogen and oxygen atoms in total. The van der Waals surface area contributed by atoms with Crippen LogP contribution in [0, 0.1) is 0 Å². The average Bonchev–Trinajstić information content (AvgIpc) is 2.93. The van der Waals surface area contributed by atoms with E-state index in [0.29, 0.717) is 11.3 Å². The minimum Gasteiger partial charge on any atom is -0.474 e. The fourth-order valence-corrected chi connectivity index (χ4v) is 1.19. The normalized spacial score (nSPS) is 18.9. The zero-order valence-corrected chi connectivity index (χ0v) is 8.52. The number of carbonyl (C=O) groups excluding carboxylic acids is 1. The van der Waals surface area contributed by atoms with Gasteiger partial charge >= 0.3 is 0 Å². The van der Waals surface area contributed by atoms with Crippen molar-refractivity contribution >= 4 is 5.91 Å². The van der Waals surface area contributed by atoms with Crippen LogP contribution in [0.15, 0.2) is 6.07 Å². The lowest BCUT2D eigenvalue weighted by Crippen LogP contribution is -2.12. The minimum atomic E-state index is -2.76. The quantitative estimate of drug-likeness (QED) is 0.733. The molecule has 0 spiro atoms. The van der Waals surface area contributed by atoms with Crippen LogP contribution >= 0.6 is 0 Å². The summed E-state index contributed by atoms with van der Waals surface area (Å²) in [6.07, 6.45) is -2.75. The third-order valence-corrected chi connectivity index (χ3v) is 2.06. The predicted molar refractivity (Wildman–Crippen MR) is 48.7 cm³/mol. The summed E-state index contributed by atoms with van der Waals surface area (Å²) < 4.78 is 35.7. The van der Waals surface area contributed by atoms with Crippen molar-refractivity contribution in [1.29, 1.82) is 0 Å². The van der Waals surface area contributed by atoms with Crippen LogP contribution in [0.25, 0.3) is 0 Å². The van der Waals surface area contributed by atoms with Gasteiger partial charge in [0.2, 0.25) is 11.8 Å². The Bertz CT molecular complexity index is 401. The Morgan fingerprint density at radius 3 is 2.94 bits per heavy atom. The maximum atomic E-state index is 12.5. The second kappa shape index (κ2) is 4.17. The molecule has 0 N–H and O–H groups in total. The summed E-state index contributed by atoms with van der Waals surface area (Å²) in [5, 5.41) is 3.64. The molecule has 0 bridgehead atoms. The van der Waals surface area contributed by atoms with Crippen LogP contribution < -0.4 is 4.74 Å². The highest BCUT2D eigenvalue weighted by atomic mass is 19.3. The van der Waals surface area contributed by atoms with E-state index in [1.165, 1.54) is 0 Å². The van der Waals surface area contributed by atoms with E-state index < -0.39 is 18.0 Å². The molecule has 1 atom stereocenters. The van der Waals surface area contributed by atoms with E-state index in [9.17, 15) is 13.6 Å². The topological polar surface area (TPSA) is 56.7 Å². The van der Waals surface area contributed by atoms with Crippen molar-refractivity contribution in [3.63, 3.8) is 0 Å². The van der Waals surface area contributed by atoms with E-state index in [1.54, 1.807) is 0 Å². The SMILES string of the molecule is CC(=O)n1nc(OC[C@H]2CO2)cc1C(F)F. The molecule has 1 aromatic heterocycles. The van der Waals surface area contributed by atoms with Crippen molar-refractivity contribution in [3.05, 3.63) is 11.8 Å². The highest BCUT2D eigenvalue weighted by molar-refractivity contribution is 5.76. The van der Waals surface area contributed by atoms with Gasteiger partial charge in [-0.2, -0.15) is 4.68 Å². The lowest BCUT2D eigenvalue weighted by atomic mass is 10.4. The van der Waals surface area contributed by atoms with Gasteiger partial charge in [0.15, 0.2) is 0 Å². The Morgan fingerprint density at radius 1 is 1.81 bits per heavy atom. The summed E-state index contributed by atoms with van der Waals surface area (Å²) in [5.41, 5.74) is -0.459. The molecule has 0 radical (unpaired) electrons. The van der Waals surface area contributed by atoms with E-state index in [0.717, 1.165) is 13.0 Å². The van der Waals surface area contributed by atoms with Gasteiger partial charge in [-0.05, 0) is 0 Å². The fourth-order valence-electron chi connectivity index (χ4n) is 1.19. The molecular formula is C9H10F2N2O3. The first-order valence-corrected chi connectivity index (χ1v) is 4.71. The standard InChI is InChI=1S/C9H10F2N2O3/c1-5(14)13-7(9(10)11)2-8(12-13)16-4-6-3-15-6/h2,6,9H,3-4H2,1H3/t6-/m1/s1. The van der Waals surface area contributed by atoms with Gasteiger partial charge in [-0.15, -0.1) is 5.10 Å². The molecule has 1 saturated heterocycles. The number of nitrogens with zero attached hydrogens (tertiary/aromatic N) is 2. The number of carbonyl (C=O) groups is 1. The Morgan fingerprint density at radius 2 is 2.50 bits per heavy atom. The third-order valence-electron chi connectivity index (χ3n) is 2.06. The summed E-state index contributed by atoms with van der Waals surface area (Å²) in [5.74, 6) is -0.561. The number of alkyl halides is 2. The maximum absolute atomic E-state index is 12.5. The molecule has 0 unspecified atom stereocenters. The monoisotopic (exact) mass is 232 g/mol. The molecule has 1 aliphatic heterocycles. The van der Waals surface area contributed by atoms with E-state index in [2.05, 4.69) is 5.10 Å². The van der Waals surface area contributed by atoms with Gasteiger partial charge in [0, 0.05) is 13.0 Å². The minimum absolute atomic E-state index is 0.0116. The molecular weight excluding hydrogens is 222 g/mol. The number of halogens is 2. The summed E-state index contributed by atoms with van der Waals surface area (Å²) in [6.45, 7) is 2.03. The van der Waals surface area contributed by atoms with E-state index in [4.69, 9.17) is 9.47 Å². The summed E-state index contributed by atoms with van der Waals surface area (Å²) >= 11 is 0. The summed E-state index contributed by atoms with van der Waals surface area (Å²) in [4.78, 5) is 11.0. The molecule has 7 heteroatoms. The molecule has 2 rings (SSSR count). The van der Waals surface area contributed by atoms with Gasteiger partial charge in [0.05, 0.1) is 6.61 Å². The van der Waals surface area contributed by atoms with Crippen molar-refractivity contribution in [1.82, 2.24) is 9.78 Å². The van der Waals surface area contributed by atoms with E-state index >= 15 is 0 Å². The van der Waals surface area contributed by atoms with Crippen LogP contribution in [-0.4, -0.2) is 35.0 Å². The van der Waals surface area contributed by atoms with Crippen molar-refractivity contribution < 1.29 is 23.0 Å². The molecule has 2 heterocycles. The van der Waals surface area contributed by atoms with Crippen molar-refractivity contribution in [2.45, 2.75) is 19.5 Å². The van der Waals surface area contributed by atoms with Crippen molar-refractivity contribution in [3.8, 4) is 5.88 Å². The van der Waals surface area contributed by atoms with Crippen LogP contribution in [0.3, 0.4) is 0 Å². The third kappa shape index (κ3) is 2.35. The summed E-state index contributed by atoms with van der Waals surface area (Å²) in [6, 6.07) is 1.06. The second-order valence-electron chi connectivity index (χ2n) is 3.41. The lowest BCUT2D eigenvalue weighted by molar-refractivity contribution is 0.0873. The number of hydrogen-bond donors (Lipinski definition) is 0. The van der Waals surface area contributed by atoms with Crippen LogP contribution in [0.4, 0.5) is 8.78 Å². The largest absolute Gasteiger partial charge is 0.474 e. The molecule has 0 aliphatic carbocycles. The summed E-state index contributed by atoms with van der Waals surface area (Å²) in [7, 11) is 0. The molecule has 0 saturated carbocycles. The van der Waals surface area contributed by atoms with Gasteiger partial charge in [-0.3, -0.25) is 4.79 Å². The molecule has 1 aliphatic rings. The Hall–Kier alpha value is -1.50. The molecule has 16 heavy (non-hydrogen) atoms. The van der Waals surface area contributed by atoms with Crippen molar-refractivity contribution in [2.75, 3.05) is 13.2 Å². The van der Waals surface area contributed by atoms with Gasteiger partial charge in [0.1, 0.15) is 18.4 Å². The van der Waals surface area contributed by atoms with Crippen LogP contribution in [0.1, 0.15) is 23.8 Å². The predicted octanol–water partition coefficient (Wildman–Crippen LogP) is 1.26. The zero-order chi connectivity index (χ0) is 11.7. The molecule has 88 valence electrons. The Kier molecular flexibility index (Phi) is 2.86. The number of ether oxygens (including phenoxy) is 2. The maximum Gasteiger partial charge on any atom is 0.280 e. The first kappa shape index (κ1) is 11.0. The number of epoxide rings is 1. The molecule has 0 amide bonds. The molecule has 0 aromatic carbocycles. The van der Waals surface area contributed by atoms with Gasteiger partial charge < -0.3 is 9.47 Å². The number of hydrogen-bond acceptors (Lipinski definition) is 4. The van der Waals surface area contributed by atoms with E-state index in [1.807, 2.05) is 0 Å². The van der Waals surface area contributed by atoms with Crippen LogP contribution in [0.5, 0.6) is 5.88 Å². The zero-order valence-electron chi connectivity index (χ0n) is 8.52. The fraction of sp³-hybridized carbons (Fsp3) is 0.556. The van der Waals surface area contributed by atoms with Gasteiger partial charge in [0.25, 0.3) is 6.43 Å². The molecule has 1 aromatic rings. The lowest BCUT2D eigenvalue weighted by Gasteiger charge is -1.99. The average molecular weight is 232 g/mol. The van der Waals surface area contributed by atoms with Crippen LogP contribution in [-0.2, 0) is 4.74 Å². The smallest absolute Gasteiger partial charge is 0.280 e. The van der Waals surface area contributed by atoms with Gasteiger partial charge in [-0.25, -0.2) is 8.78 Å². The highest BCUT2D eigenvalue weighted by Crippen LogP contribution is 2.23. The Labute approximate surface area is 89.9 Å². The van der Waals surface area contributed by atoms with Crippen molar-refractivity contribution in [2.24, 2.45) is 0 Å². The van der Waals surface area contributed by atoms with Gasteiger partial charge in [-0.1, -0.05) is 0 Å². The van der Waals surface area contributed by atoms with Crippen LogP contribution in [0.2, 0.25) is 0 Å². The number of aromatic nitrogens is 2. The second-order valence-corrected chi connectivity index (χ2v) is 3.41. The highest BCUT2D eigenvalue weighted by Gasteiger charge is 2.25. The van der Waals surface area contributed by atoms with E-state index in [-0.39, 0.29) is 18.6 Å². The first-order chi connectivity index (χ1) is 7.58.